The van der Waals surface area contributed by atoms with Crippen molar-refractivity contribution in [2.24, 2.45) is 5.92 Å². The highest BCUT2D eigenvalue weighted by atomic mass is 35.5. The predicted octanol–water partition coefficient (Wildman–Crippen LogP) is 3.16. The fourth-order valence-corrected chi connectivity index (χ4v) is 2.39. The van der Waals surface area contributed by atoms with E-state index in [9.17, 15) is 4.79 Å². The van der Waals surface area contributed by atoms with E-state index in [-0.39, 0.29) is 22.9 Å². The molecule has 2 N–H and O–H groups in total. The zero-order valence-electron chi connectivity index (χ0n) is 11.6. The lowest BCUT2D eigenvalue weighted by Crippen LogP contribution is -2.24. The number of anilines is 1. The summed E-state index contributed by atoms with van der Waals surface area (Å²) in [6.07, 6.45) is 5.15. The highest BCUT2D eigenvalue weighted by molar-refractivity contribution is 6.33. The van der Waals surface area contributed by atoms with Gasteiger partial charge in [-0.2, -0.15) is 9.97 Å². The minimum atomic E-state index is -0.0559. The third-order valence-corrected chi connectivity index (χ3v) is 3.40. The molecular weight excluding hydrogens is 278 g/mol. The largest absolute Gasteiger partial charge is 0.341 e. The number of H-pyrrole nitrogens is 1. The minimum absolute atomic E-state index is 0.0118. The number of imidazole rings is 1. The number of carbonyl (C=O) groups excluding carboxylic acids is 1. The van der Waals surface area contributed by atoms with E-state index in [1.165, 1.54) is 6.33 Å². The van der Waals surface area contributed by atoms with Crippen molar-refractivity contribution < 1.29 is 4.79 Å². The van der Waals surface area contributed by atoms with Gasteiger partial charge in [-0.05, 0) is 12.8 Å². The van der Waals surface area contributed by atoms with Crippen molar-refractivity contribution in [2.45, 2.75) is 39.5 Å². The molecule has 0 aliphatic heterocycles. The summed E-state index contributed by atoms with van der Waals surface area (Å²) in [5, 5.41) is 2.99. The van der Waals surface area contributed by atoms with Crippen molar-refractivity contribution in [3.8, 4) is 0 Å². The van der Waals surface area contributed by atoms with Gasteiger partial charge in [0.2, 0.25) is 11.9 Å². The molecule has 6 nitrogen and oxygen atoms in total. The summed E-state index contributed by atoms with van der Waals surface area (Å²) in [7, 11) is 0. The van der Waals surface area contributed by atoms with Crippen LogP contribution in [-0.2, 0) is 4.79 Å². The van der Waals surface area contributed by atoms with E-state index < -0.39 is 0 Å². The highest BCUT2D eigenvalue weighted by Gasteiger charge is 2.18. The number of hydrogen-bond donors (Lipinski definition) is 2. The lowest BCUT2D eigenvalue weighted by Gasteiger charge is -2.14. The number of nitrogens with zero attached hydrogens (tertiary/aromatic N) is 3. The van der Waals surface area contributed by atoms with Gasteiger partial charge < -0.3 is 4.98 Å². The molecule has 0 saturated heterocycles. The van der Waals surface area contributed by atoms with Crippen LogP contribution < -0.4 is 5.32 Å². The van der Waals surface area contributed by atoms with E-state index in [0.717, 1.165) is 25.7 Å². The molecule has 0 bridgehead atoms. The molecule has 0 spiro atoms. The van der Waals surface area contributed by atoms with Crippen LogP contribution in [0.5, 0.6) is 0 Å². The fourth-order valence-electron chi connectivity index (χ4n) is 2.17. The Balaban J connectivity index is 2.15. The molecule has 2 aromatic rings. The van der Waals surface area contributed by atoms with Crippen LogP contribution in [0.3, 0.4) is 0 Å². The highest BCUT2D eigenvalue weighted by Crippen LogP contribution is 2.20. The Labute approximate surface area is 122 Å². The molecule has 0 aromatic carbocycles. The Morgan fingerprint density at radius 2 is 2.05 bits per heavy atom. The molecule has 2 rings (SSSR count). The normalized spacial score (nSPS) is 11.2. The van der Waals surface area contributed by atoms with Crippen molar-refractivity contribution in [2.75, 3.05) is 5.32 Å². The van der Waals surface area contributed by atoms with Gasteiger partial charge in [0.25, 0.3) is 0 Å². The number of carbonyl (C=O) groups is 1. The average Bonchev–Trinajstić information content (AvgIpc) is 2.87. The number of amides is 1. The molecule has 0 radical (unpaired) electrons. The maximum atomic E-state index is 12.2. The van der Waals surface area contributed by atoms with Crippen LogP contribution in [0.15, 0.2) is 6.33 Å². The number of aromatic nitrogens is 4. The van der Waals surface area contributed by atoms with E-state index >= 15 is 0 Å². The van der Waals surface area contributed by atoms with Gasteiger partial charge in [0.1, 0.15) is 5.52 Å². The lowest BCUT2D eigenvalue weighted by molar-refractivity contribution is -0.120. The van der Waals surface area contributed by atoms with Gasteiger partial charge in [-0.25, -0.2) is 4.98 Å². The van der Waals surface area contributed by atoms with Crippen LogP contribution in [0.4, 0.5) is 5.95 Å². The summed E-state index contributed by atoms with van der Waals surface area (Å²) in [6.45, 7) is 4.14. The Kier molecular flexibility index (Phi) is 4.89. The summed E-state index contributed by atoms with van der Waals surface area (Å²) in [6, 6.07) is 0. The summed E-state index contributed by atoms with van der Waals surface area (Å²) in [5.74, 6) is 0.138. The Bertz CT molecular complexity index is 591. The van der Waals surface area contributed by atoms with E-state index in [2.05, 4.69) is 39.1 Å². The summed E-state index contributed by atoms with van der Waals surface area (Å²) < 4.78 is 0. The number of aromatic amines is 1. The maximum absolute atomic E-state index is 12.2. The molecular formula is C13H18ClN5O. The molecule has 20 heavy (non-hydrogen) atoms. The topological polar surface area (TPSA) is 83.6 Å². The Hall–Kier alpha value is -1.69. The second-order valence-corrected chi connectivity index (χ2v) is 5.06. The summed E-state index contributed by atoms with van der Waals surface area (Å²) >= 11 is 6.02. The van der Waals surface area contributed by atoms with Crippen molar-refractivity contribution in [1.82, 2.24) is 19.9 Å². The number of rotatable bonds is 6. The van der Waals surface area contributed by atoms with Gasteiger partial charge in [0.15, 0.2) is 10.8 Å². The first kappa shape index (κ1) is 14.7. The van der Waals surface area contributed by atoms with E-state index in [0.29, 0.717) is 11.2 Å². The van der Waals surface area contributed by atoms with Crippen LogP contribution in [0, 0.1) is 5.92 Å². The van der Waals surface area contributed by atoms with Gasteiger partial charge in [-0.3, -0.25) is 10.1 Å². The molecule has 0 aliphatic rings. The van der Waals surface area contributed by atoms with Crippen LogP contribution in [0.2, 0.25) is 5.15 Å². The van der Waals surface area contributed by atoms with Crippen LogP contribution >= 0.6 is 11.6 Å². The van der Waals surface area contributed by atoms with Crippen LogP contribution in [-0.4, -0.2) is 25.8 Å². The van der Waals surface area contributed by atoms with Gasteiger partial charge in [0, 0.05) is 5.92 Å². The first-order chi connectivity index (χ1) is 9.65. The SMILES string of the molecule is CCCC(CCC)C(=O)Nc1nc(Cl)c2[nH]cnc2n1. The lowest BCUT2D eigenvalue weighted by atomic mass is 9.97. The third-order valence-electron chi connectivity index (χ3n) is 3.12. The molecule has 0 unspecified atom stereocenters. The predicted molar refractivity (Wildman–Crippen MR) is 78.6 cm³/mol. The molecule has 1 amide bonds. The van der Waals surface area contributed by atoms with E-state index in [1.54, 1.807) is 0 Å². The van der Waals surface area contributed by atoms with Crippen molar-refractivity contribution >= 4 is 34.6 Å². The van der Waals surface area contributed by atoms with E-state index in [1.807, 2.05) is 0 Å². The van der Waals surface area contributed by atoms with Gasteiger partial charge in [-0.15, -0.1) is 0 Å². The quantitative estimate of drug-likeness (QED) is 0.802. The van der Waals surface area contributed by atoms with Gasteiger partial charge >= 0.3 is 0 Å². The first-order valence-corrected chi connectivity index (χ1v) is 7.21. The number of nitrogens with one attached hydrogen (secondary N) is 2. The molecule has 0 aliphatic carbocycles. The fraction of sp³-hybridized carbons (Fsp3) is 0.538. The van der Waals surface area contributed by atoms with Gasteiger partial charge in [0.05, 0.1) is 6.33 Å². The number of fused-ring (bicyclic) bond motifs is 1. The number of hydrogen-bond acceptors (Lipinski definition) is 4. The average molecular weight is 296 g/mol. The Morgan fingerprint density at radius 1 is 1.35 bits per heavy atom. The molecule has 7 heteroatoms. The third kappa shape index (κ3) is 3.25. The Morgan fingerprint density at radius 3 is 2.70 bits per heavy atom. The molecule has 0 fully saturated rings. The van der Waals surface area contributed by atoms with E-state index in [4.69, 9.17) is 11.6 Å². The standard InChI is InChI=1S/C13H18ClN5O/c1-3-5-8(6-4-2)12(20)19-13-17-10(14)9-11(18-13)16-7-15-9/h7-8H,3-6H2,1-2H3,(H2,15,16,17,18,19,20). The zero-order chi connectivity index (χ0) is 14.5. The zero-order valence-corrected chi connectivity index (χ0v) is 12.4. The molecule has 108 valence electrons. The second kappa shape index (κ2) is 6.65. The summed E-state index contributed by atoms with van der Waals surface area (Å²) in [4.78, 5) is 27.3. The smallest absolute Gasteiger partial charge is 0.233 e. The van der Waals surface area contributed by atoms with Crippen molar-refractivity contribution in [3.63, 3.8) is 0 Å². The second-order valence-electron chi connectivity index (χ2n) is 4.70. The molecule has 2 heterocycles. The molecule has 2 aromatic heterocycles. The first-order valence-electron chi connectivity index (χ1n) is 6.83. The van der Waals surface area contributed by atoms with Gasteiger partial charge in [-0.1, -0.05) is 38.3 Å². The molecule has 0 saturated carbocycles. The minimum Gasteiger partial charge on any atom is -0.341 e. The number of halogens is 1. The van der Waals surface area contributed by atoms with Crippen LogP contribution in [0.25, 0.3) is 11.2 Å². The van der Waals surface area contributed by atoms with Crippen LogP contribution in [0.1, 0.15) is 39.5 Å². The maximum Gasteiger partial charge on any atom is 0.233 e. The summed E-state index contributed by atoms with van der Waals surface area (Å²) in [5.41, 5.74) is 1.02. The van der Waals surface area contributed by atoms with Crippen molar-refractivity contribution in [3.05, 3.63) is 11.5 Å². The monoisotopic (exact) mass is 295 g/mol. The molecule has 0 atom stereocenters. The van der Waals surface area contributed by atoms with Crippen molar-refractivity contribution in [1.29, 1.82) is 0 Å².